The quantitative estimate of drug-likeness (QED) is 0.842. The van der Waals surface area contributed by atoms with E-state index in [0.717, 1.165) is 18.4 Å². The molecule has 0 bridgehead atoms. The molecule has 0 atom stereocenters. The Morgan fingerprint density at radius 3 is 2.95 bits per heavy atom. The molecule has 0 unspecified atom stereocenters. The van der Waals surface area contributed by atoms with E-state index in [1.54, 1.807) is 6.07 Å². The van der Waals surface area contributed by atoms with Crippen molar-refractivity contribution in [2.75, 3.05) is 6.54 Å². The number of carbonyl (C=O) groups is 1. The van der Waals surface area contributed by atoms with Crippen molar-refractivity contribution < 1.29 is 4.79 Å². The molecule has 0 aliphatic rings. The molecule has 2 rings (SSSR count). The summed E-state index contributed by atoms with van der Waals surface area (Å²) in [5.41, 5.74) is 1.48. The van der Waals surface area contributed by atoms with E-state index in [1.807, 2.05) is 19.1 Å². The third-order valence-corrected chi connectivity index (χ3v) is 3.22. The molecule has 1 N–H and O–H groups in total. The van der Waals surface area contributed by atoms with Gasteiger partial charge in [0.2, 0.25) is 5.91 Å². The van der Waals surface area contributed by atoms with Gasteiger partial charge in [-0.1, -0.05) is 25.5 Å². The summed E-state index contributed by atoms with van der Waals surface area (Å²) >= 11 is 0. The van der Waals surface area contributed by atoms with Gasteiger partial charge in [0.25, 0.3) is 5.56 Å². The van der Waals surface area contributed by atoms with Crippen LogP contribution in [-0.2, 0) is 11.3 Å². The molecule has 1 heterocycles. The van der Waals surface area contributed by atoms with Crippen LogP contribution >= 0.6 is 0 Å². The van der Waals surface area contributed by atoms with Crippen LogP contribution in [0.1, 0.15) is 25.3 Å². The van der Waals surface area contributed by atoms with Gasteiger partial charge >= 0.3 is 0 Å². The van der Waals surface area contributed by atoms with E-state index in [4.69, 9.17) is 0 Å². The van der Waals surface area contributed by atoms with E-state index in [0.29, 0.717) is 17.4 Å². The minimum absolute atomic E-state index is 0.0133. The molecule has 106 valence electrons. The number of aromatic nitrogens is 2. The molecule has 0 saturated carbocycles. The maximum Gasteiger partial charge on any atom is 0.261 e. The number of unbranched alkanes of at least 4 members (excludes halogenated alkanes) is 1. The SMILES string of the molecule is CCCCNC(=O)Cn1cnc2c(C)cccc2c1=O. The van der Waals surface area contributed by atoms with Gasteiger partial charge in [-0.05, 0) is 25.0 Å². The van der Waals surface area contributed by atoms with Crippen molar-refractivity contribution in [3.8, 4) is 0 Å². The normalized spacial score (nSPS) is 10.7. The summed E-state index contributed by atoms with van der Waals surface area (Å²) in [6, 6.07) is 5.48. The predicted molar refractivity (Wildman–Crippen MR) is 78.7 cm³/mol. The molecule has 0 radical (unpaired) electrons. The van der Waals surface area contributed by atoms with Crippen molar-refractivity contribution in [2.24, 2.45) is 0 Å². The molecule has 0 saturated heterocycles. The molecule has 0 aliphatic carbocycles. The Hall–Kier alpha value is -2.17. The third-order valence-electron chi connectivity index (χ3n) is 3.22. The number of benzene rings is 1. The largest absolute Gasteiger partial charge is 0.355 e. The van der Waals surface area contributed by atoms with Crippen LogP contribution < -0.4 is 10.9 Å². The Morgan fingerprint density at radius 2 is 2.20 bits per heavy atom. The number of nitrogens with zero attached hydrogens (tertiary/aromatic N) is 2. The Bertz CT molecular complexity index is 676. The molecule has 1 aromatic heterocycles. The Balaban J connectivity index is 2.22. The van der Waals surface area contributed by atoms with Gasteiger partial charge < -0.3 is 5.32 Å². The summed E-state index contributed by atoms with van der Waals surface area (Å²) in [5, 5.41) is 3.34. The molecule has 1 aromatic carbocycles. The Kier molecular flexibility index (Phi) is 4.50. The fourth-order valence-electron chi connectivity index (χ4n) is 2.07. The van der Waals surface area contributed by atoms with Crippen LogP contribution in [0, 0.1) is 6.92 Å². The number of nitrogens with one attached hydrogen (secondary N) is 1. The molecule has 0 fully saturated rings. The molecule has 0 spiro atoms. The van der Waals surface area contributed by atoms with Crippen molar-refractivity contribution in [1.29, 1.82) is 0 Å². The standard InChI is InChI=1S/C15H19N3O2/c1-3-4-8-16-13(19)9-18-10-17-14-11(2)6-5-7-12(14)15(18)20/h5-7,10H,3-4,8-9H2,1-2H3,(H,16,19). The number of hydrogen-bond acceptors (Lipinski definition) is 3. The van der Waals surface area contributed by atoms with Gasteiger partial charge in [0.05, 0.1) is 17.2 Å². The summed E-state index contributed by atoms with van der Waals surface area (Å²) in [6.45, 7) is 4.63. The van der Waals surface area contributed by atoms with Gasteiger partial charge in [-0.2, -0.15) is 0 Å². The van der Waals surface area contributed by atoms with Gasteiger partial charge in [0, 0.05) is 6.54 Å². The van der Waals surface area contributed by atoms with Crippen LogP contribution in [0.15, 0.2) is 29.3 Å². The first kappa shape index (κ1) is 14.2. The molecule has 5 nitrogen and oxygen atoms in total. The van der Waals surface area contributed by atoms with Gasteiger partial charge in [-0.25, -0.2) is 4.98 Å². The predicted octanol–water partition coefficient (Wildman–Crippen LogP) is 1.62. The Morgan fingerprint density at radius 1 is 1.40 bits per heavy atom. The lowest BCUT2D eigenvalue weighted by molar-refractivity contribution is -0.121. The molecule has 2 aromatic rings. The van der Waals surface area contributed by atoms with E-state index in [2.05, 4.69) is 17.2 Å². The van der Waals surface area contributed by atoms with Crippen molar-refractivity contribution in [1.82, 2.24) is 14.9 Å². The highest BCUT2D eigenvalue weighted by Crippen LogP contribution is 2.10. The van der Waals surface area contributed by atoms with Crippen molar-refractivity contribution in [2.45, 2.75) is 33.2 Å². The lowest BCUT2D eigenvalue weighted by Gasteiger charge is -2.08. The number of fused-ring (bicyclic) bond motifs is 1. The van der Waals surface area contributed by atoms with E-state index in [9.17, 15) is 9.59 Å². The van der Waals surface area contributed by atoms with Crippen LogP contribution in [0.5, 0.6) is 0 Å². The zero-order valence-electron chi connectivity index (χ0n) is 11.8. The number of carbonyl (C=O) groups excluding carboxylic acids is 1. The lowest BCUT2D eigenvalue weighted by Crippen LogP contribution is -2.33. The average molecular weight is 273 g/mol. The van der Waals surface area contributed by atoms with Gasteiger partial charge in [0.1, 0.15) is 6.54 Å². The molecule has 1 amide bonds. The number of rotatable bonds is 5. The second kappa shape index (κ2) is 6.32. The van der Waals surface area contributed by atoms with Crippen LogP contribution in [0.25, 0.3) is 10.9 Å². The summed E-state index contributed by atoms with van der Waals surface area (Å²) in [5.74, 6) is -0.158. The van der Waals surface area contributed by atoms with E-state index < -0.39 is 0 Å². The van der Waals surface area contributed by atoms with Crippen LogP contribution in [0.4, 0.5) is 0 Å². The van der Waals surface area contributed by atoms with Crippen molar-refractivity contribution in [3.05, 3.63) is 40.4 Å². The fraction of sp³-hybridized carbons (Fsp3) is 0.400. The third kappa shape index (κ3) is 3.04. The monoisotopic (exact) mass is 273 g/mol. The first-order chi connectivity index (χ1) is 9.63. The first-order valence-electron chi connectivity index (χ1n) is 6.85. The fourth-order valence-corrected chi connectivity index (χ4v) is 2.07. The topological polar surface area (TPSA) is 64.0 Å². The molecule has 0 aliphatic heterocycles. The van der Waals surface area contributed by atoms with E-state index >= 15 is 0 Å². The van der Waals surface area contributed by atoms with Crippen LogP contribution in [0.3, 0.4) is 0 Å². The first-order valence-corrected chi connectivity index (χ1v) is 6.85. The van der Waals surface area contributed by atoms with Crippen LogP contribution in [0.2, 0.25) is 0 Å². The Labute approximate surface area is 117 Å². The van der Waals surface area contributed by atoms with E-state index in [1.165, 1.54) is 10.9 Å². The summed E-state index contributed by atoms with van der Waals surface area (Å²) < 4.78 is 1.35. The minimum atomic E-state index is -0.177. The highest BCUT2D eigenvalue weighted by Gasteiger charge is 2.08. The molecular formula is C15H19N3O2. The zero-order chi connectivity index (χ0) is 14.5. The van der Waals surface area contributed by atoms with Crippen molar-refractivity contribution >= 4 is 16.8 Å². The highest BCUT2D eigenvalue weighted by molar-refractivity contribution is 5.81. The lowest BCUT2D eigenvalue weighted by atomic mass is 10.1. The average Bonchev–Trinajstić information content (AvgIpc) is 2.43. The van der Waals surface area contributed by atoms with E-state index in [-0.39, 0.29) is 18.0 Å². The number of aryl methyl sites for hydroxylation is 1. The molecule has 20 heavy (non-hydrogen) atoms. The number of amides is 1. The number of hydrogen-bond donors (Lipinski definition) is 1. The highest BCUT2D eigenvalue weighted by atomic mass is 16.2. The molecule has 5 heteroatoms. The zero-order valence-corrected chi connectivity index (χ0v) is 11.8. The summed E-state index contributed by atoms with van der Waals surface area (Å²) in [6.07, 6.45) is 3.41. The molecular weight excluding hydrogens is 254 g/mol. The van der Waals surface area contributed by atoms with Gasteiger partial charge in [-0.15, -0.1) is 0 Å². The maximum atomic E-state index is 12.3. The smallest absolute Gasteiger partial charge is 0.261 e. The summed E-state index contributed by atoms with van der Waals surface area (Å²) in [4.78, 5) is 28.3. The second-order valence-electron chi connectivity index (χ2n) is 4.85. The second-order valence-corrected chi connectivity index (χ2v) is 4.85. The van der Waals surface area contributed by atoms with Gasteiger partial charge in [-0.3, -0.25) is 14.2 Å². The summed E-state index contributed by atoms with van der Waals surface area (Å²) in [7, 11) is 0. The number of para-hydroxylation sites is 1. The van der Waals surface area contributed by atoms with Crippen LogP contribution in [-0.4, -0.2) is 22.0 Å². The van der Waals surface area contributed by atoms with Gasteiger partial charge in [0.15, 0.2) is 0 Å². The van der Waals surface area contributed by atoms with Crippen molar-refractivity contribution in [3.63, 3.8) is 0 Å². The maximum absolute atomic E-state index is 12.3. The minimum Gasteiger partial charge on any atom is -0.355 e.